The third kappa shape index (κ3) is 4.47. The van der Waals surface area contributed by atoms with Crippen LogP contribution in [0.1, 0.15) is 17.0 Å². The van der Waals surface area contributed by atoms with E-state index in [4.69, 9.17) is 4.42 Å². The van der Waals surface area contributed by atoms with Crippen molar-refractivity contribution in [2.75, 3.05) is 11.9 Å². The second-order valence-electron chi connectivity index (χ2n) is 6.56. The van der Waals surface area contributed by atoms with Crippen molar-refractivity contribution in [1.29, 1.82) is 0 Å². The lowest BCUT2D eigenvalue weighted by molar-refractivity contribution is -0.116. The van der Waals surface area contributed by atoms with Gasteiger partial charge in [-0.05, 0) is 24.3 Å². The maximum Gasteiger partial charge on any atom is 0.286 e. The molecule has 4 rings (SSSR count). The molecule has 150 valence electrons. The highest BCUT2D eigenvalue weighted by Gasteiger charge is 2.14. The van der Waals surface area contributed by atoms with Crippen LogP contribution in [0.5, 0.6) is 0 Å². The molecule has 2 amide bonds. The number of para-hydroxylation sites is 1. The Morgan fingerprint density at radius 3 is 2.37 bits per heavy atom. The Hall–Kier alpha value is -4.13. The number of aromatic nitrogens is 2. The van der Waals surface area contributed by atoms with Crippen LogP contribution in [-0.2, 0) is 4.79 Å². The van der Waals surface area contributed by atoms with E-state index in [1.165, 1.54) is 6.26 Å². The van der Waals surface area contributed by atoms with E-state index in [9.17, 15) is 9.59 Å². The molecular weight excluding hydrogens is 380 g/mol. The summed E-state index contributed by atoms with van der Waals surface area (Å²) in [4.78, 5) is 24.4. The summed E-state index contributed by atoms with van der Waals surface area (Å²) in [6, 6.07) is 24.4. The molecule has 0 spiro atoms. The summed E-state index contributed by atoms with van der Waals surface area (Å²) in [6.45, 7) is 0.191. The third-order valence-electron chi connectivity index (χ3n) is 4.43. The molecule has 0 radical (unpaired) electrons. The summed E-state index contributed by atoms with van der Waals surface area (Å²) < 4.78 is 6.73. The van der Waals surface area contributed by atoms with Crippen LogP contribution >= 0.6 is 0 Å². The number of carbonyl (C=O) groups is 2. The quantitative estimate of drug-likeness (QED) is 0.493. The van der Waals surface area contributed by atoms with Crippen molar-refractivity contribution >= 4 is 17.6 Å². The summed E-state index contributed by atoms with van der Waals surface area (Å²) in [5, 5.41) is 10.2. The van der Waals surface area contributed by atoms with Crippen molar-refractivity contribution < 1.29 is 14.0 Å². The minimum atomic E-state index is -0.353. The molecule has 0 bridgehead atoms. The average molecular weight is 400 g/mol. The van der Waals surface area contributed by atoms with Gasteiger partial charge in [0.05, 0.1) is 17.6 Å². The molecule has 0 saturated heterocycles. The normalized spacial score (nSPS) is 10.5. The molecule has 0 aliphatic rings. The van der Waals surface area contributed by atoms with E-state index in [2.05, 4.69) is 15.7 Å². The molecule has 0 unspecified atom stereocenters. The van der Waals surface area contributed by atoms with E-state index < -0.39 is 0 Å². The molecule has 0 aliphatic carbocycles. The van der Waals surface area contributed by atoms with Crippen LogP contribution in [0.25, 0.3) is 16.9 Å². The lowest BCUT2D eigenvalue weighted by Gasteiger charge is -2.09. The highest BCUT2D eigenvalue weighted by molar-refractivity contribution is 5.93. The zero-order chi connectivity index (χ0) is 20.8. The van der Waals surface area contributed by atoms with Crippen LogP contribution in [0.4, 0.5) is 5.82 Å². The molecule has 0 saturated carbocycles. The zero-order valence-corrected chi connectivity index (χ0v) is 16.1. The first kappa shape index (κ1) is 19.2. The molecule has 2 N–H and O–H groups in total. The van der Waals surface area contributed by atoms with E-state index in [-0.39, 0.29) is 30.5 Å². The summed E-state index contributed by atoms with van der Waals surface area (Å²) in [7, 11) is 0. The van der Waals surface area contributed by atoms with Crippen molar-refractivity contribution in [2.24, 2.45) is 0 Å². The Morgan fingerprint density at radius 2 is 1.67 bits per heavy atom. The van der Waals surface area contributed by atoms with E-state index in [1.807, 2.05) is 66.7 Å². The number of nitrogens with zero attached hydrogens (tertiary/aromatic N) is 2. The second-order valence-corrected chi connectivity index (χ2v) is 6.56. The number of hydrogen-bond donors (Lipinski definition) is 2. The van der Waals surface area contributed by atoms with Gasteiger partial charge in [-0.15, -0.1) is 0 Å². The predicted octanol–water partition coefficient (Wildman–Crippen LogP) is 3.89. The first-order valence-electron chi connectivity index (χ1n) is 9.53. The van der Waals surface area contributed by atoms with E-state index in [0.29, 0.717) is 5.82 Å². The largest absolute Gasteiger partial charge is 0.459 e. The van der Waals surface area contributed by atoms with E-state index >= 15 is 0 Å². The molecule has 4 aromatic rings. The smallest absolute Gasteiger partial charge is 0.286 e. The van der Waals surface area contributed by atoms with E-state index in [1.54, 1.807) is 16.8 Å². The van der Waals surface area contributed by atoms with Crippen molar-refractivity contribution in [2.45, 2.75) is 6.42 Å². The van der Waals surface area contributed by atoms with Crippen molar-refractivity contribution in [3.63, 3.8) is 0 Å². The Balaban J connectivity index is 1.47. The minimum Gasteiger partial charge on any atom is -0.459 e. The molecule has 2 aromatic heterocycles. The lowest BCUT2D eigenvalue weighted by Crippen LogP contribution is -2.27. The SMILES string of the molecule is O=C(CCNC(=O)c1ccco1)Nc1cc(-c2ccccc2)nn1-c1ccccc1. The number of furan rings is 1. The van der Waals surface area contributed by atoms with Crippen LogP contribution in [0, 0.1) is 0 Å². The topological polar surface area (TPSA) is 89.2 Å². The molecular formula is C23H20N4O3. The van der Waals surface area contributed by atoms with Gasteiger partial charge in [0.1, 0.15) is 5.82 Å². The van der Waals surface area contributed by atoms with Gasteiger partial charge in [-0.1, -0.05) is 48.5 Å². The van der Waals surface area contributed by atoms with Gasteiger partial charge in [0.15, 0.2) is 5.76 Å². The molecule has 2 heterocycles. The number of carbonyl (C=O) groups excluding carboxylic acids is 2. The number of nitrogens with one attached hydrogen (secondary N) is 2. The summed E-state index contributed by atoms with van der Waals surface area (Å²) in [5.41, 5.74) is 2.54. The Kier molecular flexibility index (Phi) is 5.70. The maximum absolute atomic E-state index is 12.5. The van der Waals surface area contributed by atoms with Gasteiger partial charge >= 0.3 is 0 Å². The summed E-state index contributed by atoms with van der Waals surface area (Å²) in [5.74, 6) is 0.187. The monoisotopic (exact) mass is 400 g/mol. The van der Waals surface area contributed by atoms with Gasteiger partial charge in [-0.2, -0.15) is 5.10 Å². The van der Waals surface area contributed by atoms with Crippen LogP contribution in [0.15, 0.2) is 89.5 Å². The Bertz CT molecular complexity index is 1120. The van der Waals surface area contributed by atoms with Gasteiger partial charge in [0.2, 0.25) is 5.91 Å². The Morgan fingerprint density at radius 1 is 0.933 bits per heavy atom. The van der Waals surface area contributed by atoms with Gasteiger partial charge < -0.3 is 15.1 Å². The molecule has 30 heavy (non-hydrogen) atoms. The van der Waals surface area contributed by atoms with Gasteiger partial charge in [0, 0.05) is 24.6 Å². The van der Waals surface area contributed by atoms with Crippen molar-refractivity contribution in [3.8, 4) is 16.9 Å². The highest BCUT2D eigenvalue weighted by atomic mass is 16.3. The van der Waals surface area contributed by atoms with Crippen molar-refractivity contribution in [3.05, 3.63) is 90.9 Å². The first-order chi connectivity index (χ1) is 14.7. The summed E-state index contributed by atoms with van der Waals surface area (Å²) >= 11 is 0. The lowest BCUT2D eigenvalue weighted by atomic mass is 10.1. The third-order valence-corrected chi connectivity index (χ3v) is 4.43. The van der Waals surface area contributed by atoms with E-state index in [0.717, 1.165) is 16.9 Å². The zero-order valence-electron chi connectivity index (χ0n) is 16.1. The number of benzene rings is 2. The van der Waals surface area contributed by atoms with Gasteiger partial charge in [-0.25, -0.2) is 4.68 Å². The Labute approximate surface area is 173 Å². The summed E-state index contributed by atoms with van der Waals surface area (Å²) in [6.07, 6.45) is 1.55. The van der Waals surface area contributed by atoms with Crippen LogP contribution in [0.3, 0.4) is 0 Å². The standard InChI is InChI=1S/C23H20N4O3/c28-22(13-14-24-23(29)20-12-7-15-30-20)25-21-16-19(17-8-3-1-4-9-17)26-27(21)18-10-5-2-6-11-18/h1-12,15-16H,13-14H2,(H,24,29)(H,25,28). The number of anilines is 1. The van der Waals surface area contributed by atoms with Gasteiger partial charge in [-0.3, -0.25) is 9.59 Å². The molecule has 2 aromatic carbocycles. The average Bonchev–Trinajstić information content (AvgIpc) is 3.45. The fourth-order valence-electron chi connectivity index (χ4n) is 2.98. The molecule has 7 nitrogen and oxygen atoms in total. The number of hydrogen-bond acceptors (Lipinski definition) is 4. The molecule has 0 atom stereocenters. The molecule has 0 fully saturated rings. The number of rotatable bonds is 7. The maximum atomic E-state index is 12.5. The van der Waals surface area contributed by atoms with Crippen LogP contribution in [0.2, 0.25) is 0 Å². The molecule has 7 heteroatoms. The van der Waals surface area contributed by atoms with Crippen molar-refractivity contribution in [1.82, 2.24) is 15.1 Å². The van der Waals surface area contributed by atoms with Crippen LogP contribution in [-0.4, -0.2) is 28.1 Å². The van der Waals surface area contributed by atoms with Crippen LogP contribution < -0.4 is 10.6 Å². The fourth-order valence-corrected chi connectivity index (χ4v) is 2.98. The van der Waals surface area contributed by atoms with Gasteiger partial charge in [0.25, 0.3) is 5.91 Å². The highest BCUT2D eigenvalue weighted by Crippen LogP contribution is 2.24. The first-order valence-corrected chi connectivity index (χ1v) is 9.53. The second kappa shape index (κ2) is 8.91. The minimum absolute atomic E-state index is 0.118. The predicted molar refractivity (Wildman–Crippen MR) is 113 cm³/mol. The molecule has 0 aliphatic heterocycles. The fraction of sp³-hybridized carbons (Fsp3) is 0.0870. The number of amides is 2.